The number of carbonyl (C=O) groups is 1. The van der Waals surface area contributed by atoms with Crippen molar-refractivity contribution in [1.29, 1.82) is 0 Å². The minimum atomic E-state index is -0.897. The number of benzene rings is 2. The number of likely N-dealkylation sites (N-methyl/N-ethyl adjacent to an activating group) is 1. The number of halogens is 1. The van der Waals surface area contributed by atoms with Crippen molar-refractivity contribution in [2.45, 2.75) is 0 Å². The average molecular weight is 338 g/mol. The maximum absolute atomic E-state index is 10.8. The molecule has 1 N–H and O–H groups in total. The van der Waals surface area contributed by atoms with Crippen LogP contribution in [-0.4, -0.2) is 34.6 Å². The van der Waals surface area contributed by atoms with Gasteiger partial charge in [0.05, 0.1) is 0 Å². The van der Waals surface area contributed by atoms with Crippen molar-refractivity contribution in [3.63, 3.8) is 0 Å². The fourth-order valence-electron chi connectivity index (χ4n) is 1.91. The van der Waals surface area contributed by atoms with E-state index >= 15 is 0 Å². The van der Waals surface area contributed by atoms with Gasteiger partial charge in [-0.05, 0) is 22.9 Å². The Morgan fingerprint density at radius 2 is 2.11 bits per heavy atom. The molecule has 0 fully saturated rings. The van der Waals surface area contributed by atoms with E-state index in [9.17, 15) is 4.79 Å². The lowest BCUT2D eigenvalue weighted by Gasteiger charge is -2.19. The Bertz CT molecular complexity index is 657. The average Bonchev–Trinajstić information content (AvgIpc) is 2.36. The summed E-state index contributed by atoms with van der Waals surface area (Å²) in [4.78, 5) is 12.9. The van der Waals surface area contributed by atoms with Gasteiger partial charge in [-0.3, -0.25) is 4.79 Å². The van der Waals surface area contributed by atoms with Crippen LogP contribution in [0.4, 0.5) is 0 Å². The van der Waals surface area contributed by atoms with Crippen LogP contribution in [0.2, 0.25) is 0 Å². The molecule has 0 atom stereocenters. The predicted molar refractivity (Wildman–Crippen MR) is 83.6 cm³/mol. The number of thiocarbonyl (C=S) groups is 1. The molecule has 0 aromatic heterocycles. The van der Waals surface area contributed by atoms with Crippen molar-refractivity contribution >= 4 is 49.9 Å². The molecule has 0 aliphatic heterocycles. The van der Waals surface area contributed by atoms with Gasteiger partial charge in [-0.25, -0.2) is 0 Å². The Kier molecular flexibility index (Phi) is 4.17. The molecule has 0 spiro atoms. The van der Waals surface area contributed by atoms with Crippen molar-refractivity contribution in [2.75, 3.05) is 13.6 Å². The van der Waals surface area contributed by atoms with Crippen LogP contribution in [0.15, 0.2) is 40.9 Å². The van der Waals surface area contributed by atoms with Crippen LogP contribution in [0.3, 0.4) is 0 Å². The standard InChI is InChI=1S/C14H12BrNO2S/c1-16(8-13(17)18)14(19)11-4-2-3-9-5-6-10(15)7-12(9)11/h2-7H,8H2,1H3,(H,17,18). The zero-order valence-corrected chi connectivity index (χ0v) is 12.7. The highest BCUT2D eigenvalue weighted by atomic mass is 79.9. The lowest BCUT2D eigenvalue weighted by molar-refractivity contribution is -0.137. The Balaban J connectivity index is 2.47. The van der Waals surface area contributed by atoms with Gasteiger partial charge in [-0.1, -0.05) is 52.4 Å². The first-order valence-corrected chi connectivity index (χ1v) is 6.84. The number of fused-ring (bicyclic) bond motifs is 1. The maximum Gasteiger partial charge on any atom is 0.323 e. The number of carboxylic acids is 1. The number of rotatable bonds is 3. The third-order valence-electron chi connectivity index (χ3n) is 2.79. The zero-order valence-electron chi connectivity index (χ0n) is 10.3. The number of hydrogen-bond donors (Lipinski definition) is 1. The molecule has 0 saturated carbocycles. The fraction of sp³-hybridized carbons (Fsp3) is 0.143. The SMILES string of the molecule is CN(CC(=O)O)C(=S)c1cccc2ccc(Br)cc12. The summed E-state index contributed by atoms with van der Waals surface area (Å²) in [6.07, 6.45) is 0. The second kappa shape index (κ2) is 5.67. The van der Waals surface area contributed by atoms with Crippen molar-refractivity contribution in [2.24, 2.45) is 0 Å². The Labute approximate surface area is 125 Å². The Morgan fingerprint density at radius 3 is 2.79 bits per heavy atom. The van der Waals surface area contributed by atoms with Gasteiger partial charge in [0, 0.05) is 17.1 Å². The first-order valence-electron chi connectivity index (χ1n) is 5.64. The Morgan fingerprint density at radius 1 is 1.37 bits per heavy atom. The normalized spacial score (nSPS) is 10.4. The molecule has 19 heavy (non-hydrogen) atoms. The molecule has 0 amide bonds. The van der Waals surface area contributed by atoms with Crippen molar-refractivity contribution in [1.82, 2.24) is 4.90 Å². The van der Waals surface area contributed by atoms with Gasteiger partial charge in [0.2, 0.25) is 0 Å². The monoisotopic (exact) mass is 337 g/mol. The van der Waals surface area contributed by atoms with Crippen molar-refractivity contribution in [3.05, 3.63) is 46.4 Å². The lowest BCUT2D eigenvalue weighted by Crippen LogP contribution is -2.31. The molecular weight excluding hydrogens is 326 g/mol. The van der Waals surface area contributed by atoms with Crippen LogP contribution in [-0.2, 0) is 4.79 Å². The Hall–Kier alpha value is -1.46. The lowest BCUT2D eigenvalue weighted by atomic mass is 10.0. The molecule has 0 unspecified atom stereocenters. The van der Waals surface area contributed by atoms with Gasteiger partial charge in [0.1, 0.15) is 11.5 Å². The van der Waals surface area contributed by atoms with E-state index in [-0.39, 0.29) is 6.54 Å². The van der Waals surface area contributed by atoms with Gasteiger partial charge < -0.3 is 10.0 Å². The van der Waals surface area contributed by atoms with E-state index in [1.807, 2.05) is 36.4 Å². The number of nitrogens with zero attached hydrogens (tertiary/aromatic N) is 1. The first-order chi connectivity index (χ1) is 8.99. The van der Waals surface area contributed by atoms with E-state index in [0.29, 0.717) is 4.99 Å². The van der Waals surface area contributed by atoms with E-state index in [1.165, 1.54) is 0 Å². The molecule has 3 nitrogen and oxygen atoms in total. The summed E-state index contributed by atoms with van der Waals surface area (Å²) in [5.74, 6) is -0.897. The van der Waals surface area contributed by atoms with Gasteiger partial charge in [-0.15, -0.1) is 0 Å². The molecule has 2 aromatic carbocycles. The highest BCUT2D eigenvalue weighted by molar-refractivity contribution is 9.10. The minimum Gasteiger partial charge on any atom is -0.480 e. The molecule has 2 rings (SSSR count). The highest BCUT2D eigenvalue weighted by Gasteiger charge is 2.13. The molecule has 2 aromatic rings. The molecule has 0 bridgehead atoms. The van der Waals surface area contributed by atoms with E-state index in [1.54, 1.807) is 11.9 Å². The second-order valence-corrected chi connectivity index (χ2v) is 5.53. The third kappa shape index (κ3) is 3.11. The van der Waals surface area contributed by atoms with Crippen molar-refractivity contribution < 1.29 is 9.90 Å². The van der Waals surface area contributed by atoms with Gasteiger partial charge in [-0.2, -0.15) is 0 Å². The number of hydrogen-bond acceptors (Lipinski definition) is 2. The summed E-state index contributed by atoms with van der Waals surface area (Å²) in [7, 11) is 1.69. The minimum absolute atomic E-state index is 0.108. The fourth-order valence-corrected chi connectivity index (χ4v) is 2.52. The van der Waals surface area contributed by atoms with Crippen LogP contribution in [0.25, 0.3) is 10.8 Å². The van der Waals surface area contributed by atoms with Gasteiger partial charge in [0.25, 0.3) is 0 Å². The maximum atomic E-state index is 10.8. The largest absolute Gasteiger partial charge is 0.480 e. The predicted octanol–water partition coefficient (Wildman–Crippen LogP) is 3.29. The summed E-state index contributed by atoms with van der Waals surface area (Å²) in [5, 5.41) is 10.9. The molecule has 98 valence electrons. The van der Waals surface area contributed by atoms with E-state index in [2.05, 4.69) is 15.9 Å². The van der Waals surface area contributed by atoms with Crippen molar-refractivity contribution in [3.8, 4) is 0 Å². The molecule has 0 saturated heterocycles. The summed E-state index contributed by atoms with van der Waals surface area (Å²) in [6.45, 7) is -0.108. The highest BCUT2D eigenvalue weighted by Crippen LogP contribution is 2.24. The van der Waals surface area contributed by atoms with Gasteiger partial charge >= 0.3 is 5.97 Å². The molecule has 0 heterocycles. The molecule has 0 radical (unpaired) electrons. The van der Waals surface area contributed by atoms with Crippen LogP contribution < -0.4 is 0 Å². The number of aliphatic carboxylic acids is 1. The van der Waals surface area contributed by atoms with E-state index in [0.717, 1.165) is 20.8 Å². The first kappa shape index (κ1) is 14.0. The van der Waals surface area contributed by atoms with E-state index in [4.69, 9.17) is 17.3 Å². The number of carboxylic acid groups (broad SMARTS) is 1. The molecule has 5 heteroatoms. The molecular formula is C14H12BrNO2S. The summed E-state index contributed by atoms with van der Waals surface area (Å²) >= 11 is 8.82. The third-order valence-corrected chi connectivity index (χ3v) is 3.82. The second-order valence-electron chi connectivity index (χ2n) is 4.23. The molecule has 0 aliphatic rings. The molecule has 0 aliphatic carbocycles. The summed E-state index contributed by atoms with van der Waals surface area (Å²) < 4.78 is 0.969. The smallest absolute Gasteiger partial charge is 0.323 e. The quantitative estimate of drug-likeness (QED) is 0.872. The van der Waals surface area contributed by atoms with E-state index < -0.39 is 5.97 Å². The van der Waals surface area contributed by atoms with Crippen LogP contribution in [0.1, 0.15) is 5.56 Å². The van der Waals surface area contributed by atoms with Crippen LogP contribution in [0.5, 0.6) is 0 Å². The topological polar surface area (TPSA) is 40.5 Å². The van der Waals surface area contributed by atoms with Crippen LogP contribution in [0, 0.1) is 0 Å². The summed E-state index contributed by atoms with van der Waals surface area (Å²) in [5.41, 5.74) is 0.873. The van der Waals surface area contributed by atoms with Crippen LogP contribution >= 0.6 is 28.1 Å². The van der Waals surface area contributed by atoms with Gasteiger partial charge in [0.15, 0.2) is 0 Å². The summed E-state index contributed by atoms with van der Waals surface area (Å²) in [6, 6.07) is 11.8. The zero-order chi connectivity index (χ0) is 14.0.